The van der Waals surface area contributed by atoms with Crippen LogP contribution in [-0.2, 0) is 19.6 Å². The number of fused-ring (bicyclic) bond motifs is 1. The smallest absolute Gasteiger partial charge is 0.259 e. The summed E-state index contributed by atoms with van der Waals surface area (Å²) in [4.78, 5) is 31.1. The molecule has 0 saturated heterocycles. The first-order chi connectivity index (χ1) is 20.1. The molecule has 5 rings (SSSR count). The van der Waals surface area contributed by atoms with Crippen molar-refractivity contribution in [2.75, 3.05) is 13.7 Å². The summed E-state index contributed by atoms with van der Waals surface area (Å²) in [5.74, 6) is -0.835. The molecule has 222 valence electrons. The number of sulfonamides is 1. The van der Waals surface area contributed by atoms with E-state index in [9.17, 15) is 18.0 Å². The maximum absolute atomic E-state index is 13.3. The van der Waals surface area contributed by atoms with Crippen LogP contribution < -0.4 is 25.2 Å². The van der Waals surface area contributed by atoms with E-state index in [1.165, 1.54) is 0 Å². The van der Waals surface area contributed by atoms with Gasteiger partial charge in [-0.25, -0.2) is 13.4 Å². The van der Waals surface area contributed by atoms with E-state index in [1.54, 1.807) is 20.1 Å². The van der Waals surface area contributed by atoms with Crippen LogP contribution in [0, 0.1) is 11.8 Å². The Balaban J connectivity index is 1.33. The van der Waals surface area contributed by atoms with Gasteiger partial charge in [-0.15, -0.1) is 6.58 Å². The summed E-state index contributed by atoms with van der Waals surface area (Å²) < 4.78 is 38.7. The number of benzene rings is 2. The Morgan fingerprint density at radius 3 is 2.55 bits per heavy atom. The Labute approximate surface area is 245 Å². The summed E-state index contributed by atoms with van der Waals surface area (Å²) >= 11 is 0. The first-order valence-corrected chi connectivity index (χ1v) is 15.6. The standard InChI is InChI=1S/C31H36N4O6S/c1-4-21-17-31(21,30(37)35-42(38,39)24-11-12-24)34-29(36)19(2)14-23(18-32)41-28-16-26(20-8-6-5-7-9-20)33-27-15-22(40-3)10-13-25(27)28/h4-10,13,15-16,19,21,23-24H,1,11-12,14,17-18,32H2,2-3H3,(H,34,36)(H,35,37)/t19-,21?,23+,31+/m0/s1. The molecular formula is C31H36N4O6S. The van der Waals surface area contributed by atoms with E-state index in [0.29, 0.717) is 35.6 Å². The zero-order valence-electron chi connectivity index (χ0n) is 23.7. The van der Waals surface area contributed by atoms with Crippen LogP contribution in [0.3, 0.4) is 0 Å². The molecule has 42 heavy (non-hydrogen) atoms. The van der Waals surface area contributed by atoms with Gasteiger partial charge in [0.15, 0.2) is 0 Å². The lowest BCUT2D eigenvalue weighted by Crippen LogP contribution is -2.53. The summed E-state index contributed by atoms with van der Waals surface area (Å²) in [5.41, 5.74) is 7.09. The monoisotopic (exact) mass is 592 g/mol. The van der Waals surface area contributed by atoms with E-state index in [2.05, 4.69) is 16.6 Å². The van der Waals surface area contributed by atoms with Gasteiger partial charge in [0.1, 0.15) is 23.1 Å². The SMILES string of the molecule is C=CC1C[C@]1(NC(=O)[C@@H](C)C[C@H](CN)Oc1cc(-c2ccccc2)nc2cc(OC)ccc12)C(=O)NS(=O)(=O)C1CC1. The molecule has 1 heterocycles. The van der Waals surface area contributed by atoms with Crippen LogP contribution in [0.4, 0.5) is 0 Å². The molecule has 2 aliphatic rings. The van der Waals surface area contributed by atoms with E-state index in [4.69, 9.17) is 20.2 Å². The molecule has 11 heteroatoms. The number of nitrogens with two attached hydrogens (primary N) is 1. The molecule has 2 saturated carbocycles. The molecule has 2 fully saturated rings. The van der Waals surface area contributed by atoms with Crippen molar-refractivity contribution in [3.63, 3.8) is 0 Å². The summed E-state index contributed by atoms with van der Waals surface area (Å²) in [6.45, 7) is 5.60. The second kappa shape index (κ2) is 11.7. The van der Waals surface area contributed by atoms with Crippen LogP contribution in [0.15, 0.2) is 67.3 Å². The Hall–Kier alpha value is -3.96. The summed E-state index contributed by atoms with van der Waals surface area (Å²) in [6.07, 6.45) is 2.63. The molecule has 2 amide bonds. The van der Waals surface area contributed by atoms with Crippen molar-refractivity contribution >= 4 is 32.7 Å². The molecule has 3 aromatic rings. The zero-order chi connectivity index (χ0) is 30.1. The predicted octanol–water partition coefficient (Wildman–Crippen LogP) is 3.31. The number of carbonyl (C=O) groups is 2. The molecule has 4 atom stereocenters. The van der Waals surface area contributed by atoms with Crippen molar-refractivity contribution in [3.8, 4) is 22.8 Å². The molecule has 2 aromatic carbocycles. The maximum Gasteiger partial charge on any atom is 0.259 e. The van der Waals surface area contributed by atoms with Gasteiger partial charge < -0.3 is 20.5 Å². The normalized spacial score (nSPS) is 21.2. The van der Waals surface area contributed by atoms with Gasteiger partial charge >= 0.3 is 0 Å². The molecule has 0 aliphatic heterocycles. The molecule has 0 bridgehead atoms. The Kier molecular flexibility index (Phi) is 8.25. The predicted molar refractivity (Wildman–Crippen MR) is 160 cm³/mol. The fourth-order valence-corrected chi connectivity index (χ4v) is 6.45. The summed E-state index contributed by atoms with van der Waals surface area (Å²) in [6, 6.07) is 17.1. The quantitative estimate of drug-likeness (QED) is 0.256. The number of carbonyl (C=O) groups excluding carboxylic acids is 2. The lowest BCUT2D eigenvalue weighted by Gasteiger charge is -2.24. The summed E-state index contributed by atoms with van der Waals surface area (Å²) in [5, 5.41) is 3.03. The highest BCUT2D eigenvalue weighted by molar-refractivity contribution is 7.91. The van der Waals surface area contributed by atoms with Crippen LogP contribution >= 0.6 is 0 Å². The van der Waals surface area contributed by atoms with Gasteiger partial charge in [0.05, 0.1) is 23.6 Å². The van der Waals surface area contributed by atoms with E-state index in [0.717, 1.165) is 10.9 Å². The number of aromatic nitrogens is 1. The Morgan fingerprint density at radius 1 is 1.19 bits per heavy atom. The number of hydrogen-bond donors (Lipinski definition) is 3. The number of nitrogens with zero attached hydrogens (tertiary/aromatic N) is 1. The molecule has 0 radical (unpaired) electrons. The van der Waals surface area contributed by atoms with Crippen LogP contribution in [0.25, 0.3) is 22.2 Å². The van der Waals surface area contributed by atoms with Crippen molar-refractivity contribution in [2.45, 2.75) is 49.5 Å². The molecular weight excluding hydrogens is 556 g/mol. The van der Waals surface area contributed by atoms with Crippen LogP contribution in [0.5, 0.6) is 11.5 Å². The highest BCUT2D eigenvalue weighted by atomic mass is 32.2. The Bertz CT molecular complexity index is 1610. The largest absolute Gasteiger partial charge is 0.497 e. The molecule has 1 aromatic heterocycles. The number of rotatable bonds is 13. The lowest BCUT2D eigenvalue weighted by molar-refractivity contribution is -0.131. The lowest BCUT2D eigenvalue weighted by atomic mass is 10.0. The van der Waals surface area contributed by atoms with E-state index in [1.807, 2.05) is 54.6 Å². The fourth-order valence-electron chi connectivity index (χ4n) is 5.09. The number of pyridine rings is 1. The van der Waals surface area contributed by atoms with E-state index in [-0.39, 0.29) is 25.3 Å². The van der Waals surface area contributed by atoms with Gasteiger partial charge in [0.2, 0.25) is 15.9 Å². The van der Waals surface area contributed by atoms with Crippen LogP contribution in [-0.4, -0.2) is 55.8 Å². The third-order valence-electron chi connectivity index (χ3n) is 7.92. The fraction of sp³-hybridized carbons (Fsp3) is 0.387. The molecule has 10 nitrogen and oxygen atoms in total. The van der Waals surface area contributed by atoms with Crippen LogP contribution in [0.2, 0.25) is 0 Å². The van der Waals surface area contributed by atoms with Gasteiger partial charge in [0, 0.05) is 41.5 Å². The minimum Gasteiger partial charge on any atom is -0.497 e. The van der Waals surface area contributed by atoms with Gasteiger partial charge in [-0.05, 0) is 37.8 Å². The first kappa shape index (κ1) is 29.5. The molecule has 1 unspecified atom stereocenters. The zero-order valence-corrected chi connectivity index (χ0v) is 24.5. The molecule has 0 spiro atoms. The second-order valence-electron chi connectivity index (χ2n) is 11.0. The van der Waals surface area contributed by atoms with Crippen molar-refractivity contribution in [1.29, 1.82) is 0 Å². The maximum atomic E-state index is 13.3. The molecule has 4 N–H and O–H groups in total. The van der Waals surface area contributed by atoms with Crippen molar-refractivity contribution in [2.24, 2.45) is 17.6 Å². The highest BCUT2D eigenvalue weighted by Crippen LogP contribution is 2.45. The third kappa shape index (κ3) is 6.12. The third-order valence-corrected chi connectivity index (χ3v) is 9.74. The average molecular weight is 593 g/mol. The summed E-state index contributed by atoms with van der Waals surface area (Å²) in [7, 11) is -2.16. The van der Waals surface area contributed by atoms with E-state index < -0.39 is 44.6 Å². The number of amides is 2. The first-order valence-electron chi connectivity index (χ1n) is 14.0. The number of hydrogen-bond acceptors (Lipinski definition) is 8. The number of methoxy groups -OCH3 is 1. The minimum absolute atomic E-state index is 0.138. The van der Waals surface area contributed by atoms with Gasteiger partial charge in [-0.2, -0.15) is 0 Å². The van der Waals surface area contributed by atoms with Gasteiger partial charge in [0.25, 0.3) is 5.91 Å². The number of ether oxygens (including phenoxy) is 2. The highest BCUT2D eigenvalue weighted by Gasteiger charge is 2.61. The second-order valence-corrected chi connectivity index (χ2v) is 13.0. The van der Waals surface area contributed by atoms with Gasteiger partial charge in [-0.3, -0.25) is 14.3 Å². The van der Waals surface area contributed by atoms with Crippen molar-refractivity contribution in [1.82, 2.24) is 15.0 Å². The molecule has 2 aliphatic carbocycles. The topological polar surface area (TPSA) is 150 Å². The average Bonchev–Trinajstić information content (AvgIpc) is 3.92. The van der Waals surface area contributed by atoms with Crippen molar-refractivity contribution in [3.05, 3.63) is 67.3 Å². The van der Waals surface area contributed by atoms with Crippen LogP contribution in [0.1, 0.15) is 32.6 Å². The van der Waals surface area contributed by atoms with Gasteiger partial charge in [-0.1, -0.05) is 43.3 Å². The van der Waals surface area contributed by atoms with Crippen molar-refractivity contribution < 1.29 is 27.5 Å². The van der Waals surface area contributed by atoms with E-state index >= 15 is 0 Å². The minimum atomic E-state index is -3.76. The number of nitrogens with one attached hydrogen (secondary N) is 2. The Morgan fingerprint density at radius 2 is 1.93 bits per heavy atom.